The fourth-order valence-electron chi connectivity index (χ4n) is 12.2. The number of hydrogen-bond acceptors (Lipinski definition) is 29. The summed E-state index contributed by atoms with van der Waals surface area (Å²) in [6.45, 7) is 22.7. The van der Waals surface area contributed by atoms with Gasteiger partial charge < -0.3 is 114 Å². The molecular formula is C75H108O29. The molecule has 22 atom stereocenters. The fraction of sp³-hybridized carbons (Fsp3) is 0.627. The summed E-state index contributed by atoms with van der Waals surface area (Å²) in [6, 6.07) is 0. The number of Topliss-reactive ketones (excluding diaryl/α,β-unsaturated/α-hetero) is 2. The van der Waals surface area contributed by atoms with Crippen molar-refractivity contribution in [2.75, 3.05) is 19.8 Å². The second kappa shape index (κ2) is 40.5. The summed E-state index contributed by atoms with van der Waals surface area (Å²) in [5.41, 5.74) is 6.19. The third-order valence-corrected chi connectivity index (χ3v) is 18.9. The molecule has 4 aliphatic heterocycles. The molecule has 29 nitrogen and oxygen atoms in total. The molecule has 0 spiro atoms. The zero-order valence-electron chi connectivity index (χ0n) is 61.2. The van der Waals surface area contributed by atoms with Crippen molar-refractivity contribution in [1.82, 2.24) is 0 Å². The first kappa shape index (κ1) is 88.2. The number of ketones is 2. The first-order valence-corrected chi connectivity index (χ1v) is 34.7. The number of carbonyl (C=O) groups excluding carboxylic acids is 6. The van der Waals surface area contributed by atoms with Crippen molar-refractivity contribution in [3.8, 4) is 0 Å². The highest BCUT2D eigenvalue weighted by Crippen LogP contribution is 2.42. The van der Waals surface area contributed by atoms with Gasteiger partial charge in [0.05, 0.1) is 38.4 Å². The van der Waals surface area contributed by atoms with Crippen LogP contribution in [0.15, 0.2) is 130 Å². The fourth-order valence-corrected chi connectivity index (χ4v) is 12.2. The van der Waals surface area contributed by atoms with Crippen LogP contribution in [0.2, 0.25) is 0 Å². The number of aliphatic hydroxyl groups is 13. The smallest absolute Gasteiger partial charge is 0.307 e. The Balaban J connectivity index is 0.000000408. The van der Waals surface area contributed by atoms with Crippen LogP contribution in [-0.2, 0) is 76.1 Å². The quantitative estimate of drug-likeness (QED) is 0.0319. The molecule has 2 aliphatic carbocycles. The van der Waals surface area contributed by atoms with Crippen LogP contribution in [0.5, 0.6) is 0 Å². The van der Waals surface area contributed by atoms with E-state index in [0.717, 1.165) is 27.9 Å². The van der Waals surface area contributed by atoms with Crippen molar-refractivity contribution in [2.45, 2.75) is 270 Å². The molecule has 6 aliphatic rings. The van der Waals surface area contributed by atoms with E-state index < -0.39 is 203 Å². The van der Waals surface area contributed by atoms with E-state index in [2.05, 4.69) is 25.2 Å². The van der Waals surface area contributed by atoms with E-state index in [4.69, 9.17) is 47.4 Å². The van der Waals surface area contributed by atoms with Crippen LogP contribution >= 0.6 is 0 Å². The molecule has 0 saturated carbocycles. The third kappa shape index (κ3) is 24.6. The van der Waals surface area contributed by atoms with E-state index in [9.17, 15) is 95.2 Å². The van der Waals surface area contributed by atoms with Crippen LogP contribution in [0.1, 0.15) is 135 Å². The lowest BCUT2D eigenvalue weighted by molar-refractivity contribution is -0.355. The largest absolute Gasteiger partial charge is 0.463 e. The SMILES string of the molecule is C/C=C/C(C)=C/C=C/C(C)=C/C=C/C=C(C)/C=C/C=C(C)/C=C/C1=C(C)C(=O)C(OC(=O)CCC(=O)OCC2OC(O)C(O)C(O)C2OC2OC(CO)C(O)C(O)C2O)CC1(C)C.CCC1OC(OC2C(COC(=O)CCC(=O)OC3CC(C)(C)C(C)=C(C)C3=O)OC(O)C(O)C2O)C(O)C(O)C1O. The highest BCUT2D eigenvalue weighted by atomic mass is 16.7. The molecule has 0 aromatic heterocycles. The molecule has 0 aromatic carbocycles. The monoisotopic (exact) mass is 1470 g/mol. The van der Waals surface area contributed by atoms with Crippen molar-refractivity contribution in [3.63, 3.8) is 0 Å². The van der Waals surface area contributed by atoms with Crippen molar-refractivity contribution in [3.05, 3.63) is 130 Å². The number of hydrogen-bond donors (Lipinski definition) is 13. The second-order valence-corrected chi connectivity index (χ2v) is 28.0. The maximum atomic E-state index is 13.4. The van der Waals surface area contributed by atoms with E-state index in [1.165, 1.54) is 5.57 Å². The van der Waals surface area contributed by atoms with Crippen molar-refractivity contribution < 1.29 is 143 Å². The molecule has 4 heterocycles. The van der Waals surface area contributed by atoms with Gasteiger partial charge in [-0.1, -0.05) is 148 Å². The summed E-state index contributed by atoms with van der Waals surface area (Å²) in [5.74, 6) is -3.98. The third-order valence-electron chi connectivity index (χ3n) is 18.9. The molecule has 4 saturated heterocycles. The molecule has 22 unspecified atom stereocenters. The van der Waals surface area contributed by atoms with Crippen LogP contribution in [0.3, 0.4) is 0 Å². The van der Waals surface area contributed by atoms with E-state index in [-0.39, 0.29) is 36.2 Å². The summed E-state index contributed by atoms with van der Waals surface area (Å²) in [6.07, 6.45) is -7.76. The van der Waals surface area contributed by atoms with Crippen LogP contribution < -0.4 is 0 Å². The highest BCUT2D eigenvalue weighted by molar-refractivity contribution is 6.02. The molecule has 29 heteroatoms. The minimum absolute atomic E-state index is 0.211. The highest BCUT2D eigenvalue weighted by Gasteiger charge is 2.53. The Bertz CT molecular complexity index is 3290. The Kier molecular flexibility index (Phi) is 34.4. The molecule has 104 heavy (non-hydrogen) atoms. The summed E-state index contributed by atoms with van der Waals surface area (Å²) in [5, 5.41) is 132. The molecule has 0 aromatic rings. The number of esters is 4. The summed E-state index contributed by atoms with van der Waals surface area (Å²) < 4.78 is 53.7. The first-order valence-electron chi connectivity index (χ1n) is 34.7. The molecule has 0 radical (unpaired) electrons. The van der Waals surface area contributed by atoms with Gasteiger partial charge in [-0.25, -0.2) is 0 Å². The summed E-state index contributed by atoms with van der Waals surface area (Å²) in [7, 11) is 0. The van der Waals surface area contributed by atoms with Crippen LogP contribution in [0.4, 0.5) is 0 Å². The summed E-state index contributed by atoms with van der Waals surface area (Å²) >= 11 is 0. The van der Waals surface area contributed by atoms with Gasteiger partial charge in [-0.15, -0.1) is 0 Å². The van der Waals surface area contributed by atoms with Gasteiger partial charge in [0.2, 0.25) is 0 Å². The lowest BCUT2D eigenvalue weighted by atomic mass is 9.71. The zero-order chi connectivity index (χ0) is 77.8. The molecule has 0 amide bonds. The van der Waals surface area contributed by atoms with Crippen molar-refractivity contribution in [2.24, 2.45) is 10.8 Å². The van der Waals surface area contributed by atoms with E-state index in [0.29, 0.717) is 17.6 Å². The van der Waals surface area contributed by atoms with Gasteiger partial charge in [0.1, 0.15) is 105 Å². The van der Waals surface area contributed by atoms with Gasteiger partial charge in [-0.05, 0) is 89.4 Å². The van der Waals surface area contributed by atoms with Gasteiger partial charge in [-0.3, -0.25) is 28.8 Å². The zero-order valence-corrected chi connectivity index (χ0v) is 61.2. The Morgan fingerprint density at radius 3 is 1.28 bits per heavy atom. The second-order valence-electron chi connectivity index (χ2n) is 28.0. The normalized spacial score (nSPS) is 34.7. The van der Waals surface area contributed by atoms with Gasteiger partial charge in [0.15, 0.2) is 48.9 Å². The van der Waals surface area contributed by atoms with E-state index in [1.54, 1.807) is 20.8 Å². The Morgan fingerprint density at radius 2 is 0.846 bits per heavy atom. The van der Waals surface area contributed by atoms with Gasteiger partial charge in [0, 0.05) is 12.8 Å². The average Bonchev–Trinajstić information content (AvgIpc) is 0.800. The number of aliphatic hydroxyl groups excluding tert-OH is 13. The van der Waals surface area contributed by atoms with E-state index >= 15 is 0 Å². The summed E-state index contributed by atoms with van der Waals surface area (Å²) in [4.78, 5) is 76.2. The lowest BCUT2D eigenvalue weighted by Gasteiger charge is -2.45. The topological polar surface area (TPSA) is 458 Å². The molecule has 4 fully saturated rings. The Hall–Kier alpha value is -6.40. The molecule has 0 bridgehead atoms. The Morgan fingerprint density at radius 1 is 0.462 bits per heavy atom. The standard InChI is InChI=1S/C48H66O15.C27H42O14/c1-9-14-28(2)17-12-18-29(3)15-10-11-16-30(4)19-13-20-31(5)21-22-33-32(6)39(52)34(25-48(33,7)8)60-38(51)24-23-37(50)59-27-36-45(42(55)43(56)46(58)61-36)63-47-44(57)41(54)40(53)35(26-49)62-47;1-6-13-19(31)20(32)23(35)26(40-13)41-24-15(39-25(36)22(34)21(24)33)10-37-16(28)7-8-17(29)38-14-9-27(4,5)12(3)11(2)18(14)30/h9-22,34-36,40-47,49,53-58H,23-27H2,1-8H3;13-15,19-26,31-36H,6-10H2,1-5H3/b11-10+,14-9+,18-12+,19-13+,22-21+,28-17+,29-15+,30-16+,31-20+;. The predicted octanol–water partition coefficient (Wildman–Crippen LogP) is 2.35. The predicted molar refractivity (Wildman–Crippen MR) is 371 cm³/mol. The van der Waals surface area contributed by atoms with Gasteiger partial charge in [-0.2, -0.15) is 0 Å². The van der Waals surface area contributed by atoms with Gasteiger partial charge >= 0.3 is 23.9 Å². The number of rotatable bonds is 27. The lowest BCUT2D eigenvalue weighted by Crippen LogP contribution is -2.64. The molecule has 13 N–H and O–H groups in total. The Labute approximate surface area is 606 Å². The molecule has 582 valence electrons. The maximum Gasteiger partial charge on any atom is 0.307 e. The van der Waals surface area contributed by atoms with Gasteiger partial charge in [0.25, 0.3) is 0 Å². The van der Waals surface area contributed by atoms with Crippen LogP contribution in [0.25, 0.3) is 0 Å². The van der Waals surface area contributed by atoms with Crippen LogP contribution in [0, 0.1) is 10.8 Å². The number of ether oxygens (including phenoxy) is 10. The first-order chi connectivity index (χ1) is 48.8. The average molecular weight is 1470 g/mol. The maximum absolute atomic E-state index is 13.4. The number of carbonyl (C=O) groups is 6. The van der Waals surface area contributed by atoms with Crippen molar-refractivity contribution >= 4 is 35.4 Å². The minimum Gasteiger partial charge on any atom is -0.463 e. The van der Waals surface area contributed by atoms with Crippen LogP contribution in [-0.4, -0.2) is 257 Å². The molecule has 6 rings (SSSR count). The van der Waals surface area contributed by atoms with Crippen molar-refractivity contribution in [1.29, 1.82) is 0 Å². The molecular weight excluding hydrogens is 1360 g/mol. The van der Waals surface area contributed by atoms with E-state index in [1.807, 2.05) is 129 Å². The minimum atomic E-state index is -1.93. The number of allylic oxidation sites excluding steroid dienone is 20.